The van der Waals surface area contributed by atoms with Crippen molar-refractivity contribution in [1.82, 2.24) is 0 Å². The van der Waals surface area contributed by atoms with E-state index in [-0.39, 0.29) is 35.1 Å². The summed E-state index contributed by atoms with van der Waals surface area (Å²) in [5.41, 5.74) is 16.7. The molecule has 0 bridgehead atoms. The molecule has 0 fully saturated rings. The maximum absolute atomic E-state index is 2.61. The zero-order chi connectivity index (χ0) is 46.4. The van der Waals surface area contributed by atoms with Crippen molar-refractivity contribution in [3.8, 4) is 11.1 Å². The van der Waals surface area contributed by atoms with Gasteiger partial charge in [-0.2, -0.15) is 0 Å². The molecule has 0 spiro atoms. The van der Waals surface area contributed by atoms with E-state index in [0.717, 1.165) is 0 Å². The summed E-state index contributed by atoms with van der Waals surface area (Å²) >= 11 is 0. The topological polar surface area (TPSA) is 0 Å². The zero-order valence-electron chi connectivity index (χ0n) is 41.7. The monoisotopic (exact) mass is 863 g/mol. The first kappa shape index (κ1) is 44.8. The van der Waals surface area contributed by atoms with Crippen molar-refractivity contribution in [2.45, 2.75) is 118 Å². The van der Waals surface area contributed by atoms with Crippen LogP contribution in [0, 0.1) is 0 Å². The van der Waals surface area contributed by atoms with Gasteiger partial charge >= 0.3 is 0 Å². The van der Waals surface area contributed by atoms with Gasteiger partial charge < -0.3 is 0 Å². The molecule has 0 unspecified atom stereocenters. The van der Waals surface area contributed by atoms with Gasteiger partial charge in [-0.15, -0.1) is 0 Å². The van der Waals surface area contributed by atoms with E-state index in [1.165, 1.54) is 98.1 Å². The molecule has 3 heteroatoms. The Labute approximate surface area is 393 Å². The Balaban J connectivity index is 1.19. The van der Waals surface area contributed by atoms with Gasteiger partial charge in [-0.3, -0.25) is 0 Å². The second-order valence-corrected chi connectivity index (χ2v) is 28.2. The molecule has 8 aromatic carbocycles. The molecule has 326 valence electrons. The molecule has 8 aromatic rings. The molecule has 0 N–H and O–H groups in total. The highest BCUT2D eigenvalue weighted by atomic mass is 28.3. The second-order valence-electron chi connectivity index (χ2n) is 23.9. The van der Waals surface area contributed by atoms with Crippen LogP contribution >= 0.6 is 0 Å². The Morgan fingerprint density at radius 1 is 0.323 bits per heavy atom. The van der Waals surface area contributed by atoms with E-state index in [0.29, 0.717) is 0 Å². The van der Waals surface area contributed by atoms with Crippen LogP contribution in [-0.2, 0) is 21.7 Å². The molecule has 9 rings (SSSR count). The minimum absolute atomic E-state index is 0.0976. The molecule has 65 heavy (non-hydrogen) atoms. The summed E-state index contributed by atoms with van der Waals surface area (Å²) in [7, 11) is -2.18. The maximum Gasteiger partial charge on any atom is 0.241 e. The number of hydrogen-bond donors (Lipinski definition) is 0. The van der Waals surface area contributed by atoms with Gasteiger partial charge in [0.05, 0.1) is 0 Å². The largest absolute Gasteiger partial charge is 0.241 e. The van der Waals surface area contributed by atoms with Crippen LogP contribution in [0.2, 0.25) is 13.1 Å². The summed E-state index contributed by atoms with van der Waals surface area (Å²) in [6.45, 7) is 33.0. The first-order valence-electron chi connectivity index (χ1n) is 24.1. The number of rotatable bonds is 6. The number of hydrogen-bond acceptors (Lipinski definition) is 0. The molecule has 0 aliphatic carbocycles. The SMILES string of the molecule is CC(C)(C)c1ccc(B(c2ccc(C(C)(C)C)cc2)c2ccc3c(c2)[Si](C)(C)c2cccc4c2c-3cc2ccc(B(c3ccc(C(C)(C)C)cc3)c3ccc(C(C)(C)C)cc3)cc24)cc1. The van der Waals surface area contributed by atoms with Crippen LogP contribution in [0.25, 0.3) is 32.7 Å². The molecule has 1 aliphatic rings. The summed E-state index contributed by atoms with van der Waals surface area (Å²) in [4.78, 5) is 0. The molecule has 1 aliphatic heterocycles. The third kappa shape index (κ3) is 8.29. The fraction of sp³-hybridized carbons (Fsp3) is 0.290. The highest BCUT2D eigenvalue weighted by molar-refractivity contribution is 7.04. The molecule has 0 saturated heterocycles. The highest BCUT2D eigenvalue weighted by Crippen LogP contribution is 2.38. The fourth-order valence-corrected chi connectivity index (χ4v) is 13.8. The molecule has 0 aromatic heterocycles. The maximum atomic E-state index is 2.61. The Morgan fingerprint density at radius 2 is 0.692 bits per heavy atom. The molecule has 0 nitrogen and oxygen atoms in total. The van der Waals surface area contributed by atoms with Gasteiger partial charge in [0, 0.05) is 0 Å². The normalized spacial score (nSPS) is 13.8. The van der Waals surface area contributed by atoms with Gasteiger partial charge in [0.1, 0.15) is 8.07 Å². The first-order valence-corrected chi connectivity index (χ1v) is 27.1. The van der Waals surface area contributed by atoms with Crippen LogP contribution in [0.1, 0.15) is 105 Å². The predicted molar refractivity (Wildman–Crippen MR) is 294 cm³/mol. The van der Waals surface area contributed by atoms with E-state index in [4.69, 9.17) is 0 Å². The predicted octanol–water partition coefficient (Wildman–Crippen LogP) is 11.0. The Morgan fingerprint density at radius 3 is 1.09 bits per heavy atom. The molecular formula is C62H68B2Si. The highest BCUT2D eigenvalue weighted by Gasteiger charge is 2.37. The summed E-state index contributed by atoms with van der Waals surface area (Å²) in [6, 6.07) is 62.3. The third-order valence-electron chi connectivity index (χ3n) is 14.8. The summed E-state index contributed by atoms with van der Waals surface area (Å²) in [5.74, 6) is 0. The lowest BCUT2D eigenvalue weighted by molar-refractivity contribution is 0.590. The van der Waals surface area contributed by atoms with Crippen molar-refractivity contribution < 1.29 is 0 Å². The summed E-state index contributed by atoms with van der Waals surface area (Å²) in [5, 5.41) is 8.52. The van der Waals surface area contributed by atoms with Gasteiger partial charge in [0.15, 0.2) is 0 Å². The van der Waals surface area contributed by atoms with E-state index in [1.54, 1.807) is 0 Å². The number of benzene rings is 8. The lowest BCUT2D eigenvalue weighted by Gasteiger charge is -2.35. The van der Waals surface area contributed by atoms with Gasteiger partial charge in [-0.1, -0.05) is 281 Å². The zero-order valence-corrected chi connectivity index (χ0v) is 42.7. The molecular weight excluding hydrogens is 794 g/mol. The second kappa shape index (κ2) is 15.9. The summed E-state index contributed by atoms with van der Waals surface area (Å²) in [6.07, 6.45) is 0. The van der Waals surface area contributed by atoms with E-state index >= 15 is 0 Å². The molecule has 0 radical (unpaired) electrons. The molecule has 0 amide bonds. The Kier molecular flexibility index (Phi) is 11.0. The van der Waals surface area contributed by atoms with Crippen molar-refractivity contribution in [2.75, 3.05) is 0 Å². The number of fused-ring (bicyclic) bond motifs is 4. The van der Waals surface area contributed by atoms with Crippen LogP contribution in [0.4, 0.5) is 0 Å². The van der Waals surface area contributed by atoms with E-state index in [2.05, 4.69) is 254 Å². The van der Waals surface area contributed by atoms with Gasteiger partial charge in [-0.05, 0) is 93.0 Å². The van der Waals surface area contributed by atoms with Crippen molar-refractivity contribution in [3.63, 3.8) is 0 Å². The van der Waals surface area contributed by atoms with Crippen LogP contribution in [-0.4, -0.2) is 21.5 Å². The van der Waals surface area contributed by atoms with Crippen LogP contribution in [0.15, 0.2) is 158 Å². The first-order chi connectivity index (χ1) is 30.5. The lowest BCUT2D eigenvalue weighted by atomic mass is 9.36. The lowest BCUT2D eigenvalue weighted by Crippen LogP contribution is -2.59. The standard InChI is InChI=1S/C62H68B2Si/c1-59(2,3)42-19-28-46(29-20-42)63(47-30-21-43(22-31-47)60(4,5)6)50-27-18-41-38-55-52-37-36-51(40-57(52)65(13,14)56-17-15-16-53(58(55)56)54(41)39-50)64(48-32-23-44(24-33-48)61(7,8)9)49-34-25-45(26-35-49)62(10,11)12/h15-40H,1-14H3. The van der Waals surface area contributed by atoms with Crippen molar-refractivity contribution in [2.24, 2.45) is 0 Å². The third-order valence-corrected chi connectivity index (χ3v) is 18.3. The van der Waals surface area contributed by atoms with Gasteiger partial charge in [-0.25, -0.2) is 0 Å². The van der Waals surface area contributed by atoms with Crippen molar-refractivity contribution in [1.29, 1.82) is 0 Å². The average Bonchev–Trinajstić information content (AvgIpc) is 3.25. The minimum atomic E-state index is -2.18. The van der Waals surface area contributed by atoms with E-state index < -0.39 is 8.07 Å². The van der Waals surface area contributed by atoms with Crippen LogP contribution in [0.3, 0.4) is 0 Å². The van der Waals surface area contributed by atoms with Crippen molar-refractivity contribution >= 4 is 86.2 Å². The fourth-order valence-electron chi connectivity index (χ4n) is 10.6. The van der Waals surface area contributed by atoms with Crippen LogP contribution in [0.5, 0.6) is 0 Å². The molecule has 1 heterocycles. The Bertz CT molecular complexity index is 2940. The van der Waals surface area contributed by atoms with Gasteiger partial charge in [0.25, 0.3) is 0 Å². The van der Waals surface area contributed by atoms with E-state index in [1.807, 2.05) is 0 Å². The smallest absolute Gasteiger partial charge is 0.0687 e. The molecule has 0 atom stereocenters. The quantitative estimate of drug-likeness (QED) is 0.115. The molecule has 0 saturated carbocycles. The van der Waals surface area contributed by atoms with E-state index in [9.17, 15) is 0 Å². The van der Waals surface area contributed by atoms with Crippen molar-refractivity contribution in [3.05, 3.63) is 180 Å². The Hall–Kier alpha value is -5.37. The average molecular weight is 863 g/mol. The van der Waals surface area contributed by atoms with Gasteiger partial charge in [0.2, 0.25) is 13.4 Å². The minimum Gasteiger partial charge on any atom is -0.0687 e. The van der Waals surface area contributed by atoms with Crippen LogP contribution < -0.4 is 43.2 Å². The summed E-state index contributed by atoms with van der Waals surface area (Å²) < 4.78 is 0.